The van der Waals surface area contributed by atoms with Gasteiger partial charge in [-0.2, -0.15) is 0 Å². The third-order valence-electron chi connectivity index (χ3n) is 2.85. The number of hydrogen-bond donors (Lipinski definition) is 1. The molecule has 0 bridgehead atoms. The van der Waals surface area contributed by atoms with Crippen molar-refractivity contribution in [2.24, 2.45) is 0 Å². The van der Waals surface area contributed by atoms with Gasteiger partial charge in [-0.05, 0) is 12.1 Å². The Morgan fingerprint density at radius 1 is 1.25 bits per heavy atom. The molecular weight excluding hydrogens is 344 g/mol. The molecule has 0 aliphatic rings. The van der Waals surface area contributed by atoms with Crippen molar-refractivity contribution >= 4 is 31.9 Å². The van der Waals surface area contributed by atoms with Gasteiger partial charge in [-0.25, -0.2) is 12.7 Å². The third-order valence-corrected chi connectivity index (χ3v) is 6.64. The Morgan fingerprint density at radius 3 is 2.30 bits per heavy atom. The SMILES string of the molecule is CCN(CC)S(=O)(=O)C(Br)CNC(=O)c1ccccc1. The maximum Gasteiger partial charge on any atom is 0.251 e. The molecule has 0 radical (unpaired) electrons. The summed E-state index contributed by atoms with van der Waals surface area (Å²) in [4.78, 5) is 11.8. The van der Waals surface area contributed by atoms with Crippen LogP contribution in [0.1, 0.15) is 24.2 Å². The molecule has 0 aromatic heterocycles. The summed E-state index contributed by atoms with van der Waals surface area (Å²) in [5, 5.41) is 2.62. The van der Waals surface area contributed by atoms with Crippen LogP contribution in [0.4, 0.5) is 0 Å². The zero-order chi connectivity index (χ0) is 15.2. The van der Waals surface area contributed by atoms with Gasteiger partial charge in [0, 0.05) is 25.2 Å². The average Bonchev–Trinajstić information content (AvgIpc) is 2.46. The van der Waals surface area contributed by atoms with Crippen LogP contribution in [0.25, 0.3) is 0 Å². The second-order valence-corrected chi connectivity index (χ2v) is 7.94. The second-order valence-electron chi connectivity index (χ2n) is 4.12. The summed E-state index contributed by atoms with van der Waals surface area (Å²) < 4.78 is 24.9. The number of sulfonamides is 1. The second kappa shape index (κ2) is 7.75. The minimum Gasteiger partial charge on any atom is -0.350 e. The summed E-state index contributed by atoms with van der Waals surface area (Å²) in [5.41, 5.74) is 0.507. The van der Waals surface area contributed by atoms with Crippen molar-refractivity contribution in [2.45, 2.75) is 18.0 Å². The average molecular weight is 363 g/mol. The number of hydrogen-bond acceptors (Lipinski definition) is 3. The highest BCUT2D eigenvalue weighted by Crippen LogP contribution is 2.14. The van der Waals surface area contributed by atoms with Crippen molar-refractivity contribution in [3.8, 4) is 0 Å². The number of nitrogens with zero attached hydrogens (tertiary/aromatic N) is 1. The predicted octanol–water partition coefficient (Wildman–Crippen LogP) is 1.81. The minimum atomic E-state index is -3.44. The van der Waals surface area contributed by atoms with Gasteiger partial charge in [-0.15, -0.1) is 0 Å². The number of nitrogens with one attached hydrogen (secondary N) is 1. The number of benzene rings is 1. The lowest BCUT2D eigenvalue weighted by Crippen LogP contribution is -2.41. The molecule has 1 rings (SSSR count). The van der Waals surface area contributed by atoms with E-state index < -0.39 is 14.2 Å². The van der Waals surface area contributed by atoms with Crippen LogP contribution in [0.15, 0.2) is 30.3 Å². The van der Waals surface area contributed by atoms with Gasteiger partial charge in [0.15, 0.2) is 0 Å². The van der Waals surface area contributed by atoms with Crippen molar-refractivity contribution in [3.63, 3.8) is 0 Å². The molecular formula is C13H19BrN2O3S. The van der Waals surface area contributed by atoms with Crippen LogP contribution in [0.5, 0.6) is 0 Å². The van der Waals surface area contributed by atoms with E-state index in [0.717, 1.165) is 0 Å². The van der Waals surface area contributed by atoms with Crippen LogP contribution >= 0.6 is 15.9 Å². The van der Waals surface area contributed by atoms with Crippen molar-refractivity contribution in [3.05, 3.63) is 35.9 Å². The van der Waals surface area contributed by atoms with Gasteiger partial charge in [0.1, 0.15) is 4.16 Å². The molecule has 112 valence electrons. The summed E-state index contributed by atoms with van der Waals surface area (Å²) in [7, 11) is -3.44. The van der Waals surface area contributed by atoms with Gasteiger partial charge in [0.05, 0.1) is 0 Å². The summed E-state index contributed by atoms with van der Waals surface area (Å²) in [6.07, 6.45) is 0. The lowest BCUT2D eigenvalue weighted by atomic mass is 10.2. The lowest BCUT2D eigenvalue weighted by Gasteiger charge is -2.22. The monoisotopic (exact) mass is 362 g/mol. The standard InChI is InChI=1S/C13H19BrN2O3S/c1-3-16(4-2)20(18,19)12(14)10-15-13(17)11-8-6-5-7-9-11/h5-9,12H,3-4,10H2,1-2H3,(H,15,17). The van der Waals surface area contributed by atoms with Crippen LogP contribution in [0.3, 0.4) is 0 Å². The molecule has 0 saturated carbocycles. The molecule has 5 nitrogen and oxygen atoms in total. The number of carbonyl (C=O) groups is 1. The van der Waals surface area contributed by atoms with Gasteiger partial charge >= 0.3 is 0 Å². The smallest absolute Gasteiger partial charge is 0.251 e. The molecule has 1 unspecified atom stereocenters. The van der Waals surface area contributed by atoms with Crippen LogP contribution in [0, 0.1) is 0 Å². The van der Waals surface area contributed by atoms with Crippen molar-refractivity contribution < 1.29 is 13.2 Å². The molecule has 0 fully saturated rings. The van der Waals surface area contributed by atoms with E-state index in [1.807, 2.05) is 6.07 Å². The first-order valence-electron chi connectivity index (χ1n) is 6.39. The largest absolute Gasteiger partial charge is 0.350 e. The zero-order valence-electron chi connectivity index (χ0n) is 11.5. The van der Waals surface area contributed by atoms with Crippen molar-refractivity contribution in [1.82, 2.24) is 9.62 Å². The van der Waals surface area contributed by atoms with E-state index in [4.69, 9.17) is 0 Å². The molecule has 7 heteroatoms. The van der Waals surface area contributed by atoms with Crippen LogP contribution in [-0.2, 0) is 10.0 Å². The van der Waals surface area contributed by atoms with Gasteiger partial charge in [0.2, 0.25) is 10.0 Å². The Kier molecular flexibility index (Phi) is 6.64. The van der Waals surface area contributed by atoms with Crippen LogP contribution < -0.4 is 5.32 Å². The maximum atomic E-state index is 12.2. The lowest BCUT2D eigenvalue weighted by molar-refractivity contribution is 0.0955. The molecule has 0 spiro atoms. The Morgan fingerprint density at radius 2 is 1.80 bits per heavy atom. The maximum absolute atomic E-state index is 12.2. The number of amides is 1. The summed E-state index contributed by atoms with van der Waals surface area (Å²) in [6, 6.07) is 8.68. The van der Waals surface area contributed by atoms with Crippen LogP contribution in [0.2, 0.25) is 0 Å². The number of carbonyl (C=O) groups excluding carboxylic acids is 1. The van der Waals surface area contributed by atoms with Gasteiger partial charge in [-0.1, -0.05) is 48.0 Å². The molecule has 0 aliphatic carbocycles. The number of alkyl halides is 1. The predicted molar refractivity (Wildman–Crippen MR) is 83.3 cm³/mol. The third kappa shape index (κ3) is 4.29. The van der Waals surface area contributed by atoms with E-state index >= 15 is 0 Å². The van der Waals surface area contributed by atoms with Crippen LogP contribution in [-0.4, -0.2) is 42.4 Å². The Bertz CT molecular complexity index is 530. The fraction of sp³-hybridized carbons (Fsp3) is 0.462. The minimum absolute atomic E-state index is 0.0204. The molecule has 1 amide bonds. The molecule has 0 saturated heterocycles. The summed E-state index contributed by atoms with van der Waals surface area (Å²) in [5.74, 6) is -0.287. The Balaban J connectivity index is 2.64. The summed E-state index contributed by atoms with van der Waals surface area (Å²) in [6.45, 7) is 4.40. The van der Waals surface area contributed by atoms with E-state index in [2.05, 4.69) is 21.2 Å². The topological polar surface area (TPSA) is 66.5 Å². The van der Waals surface area contributed by atoms with E-state index in [0.29, 0.717) is 18.7 Å². The fourth-order valence-electron chi connectivity index (χ4n) is 1.72. The Labute approximate surface area is 128 Å². The normalized spacial score (nSPS) is 13.2. The fourth-order valence-corrected chi connectivity index (χ4v) is 3.92. The van der Waals surface area contributed by atoms with Gasteiger partial charge in [0.25, 0.3) is 5.91 Å². The first-order chi connectivity index (χ1) is 9.43. The molecule has 1 aromatic rings. The first kappa shape index (κ1) is 17.1. The van der Waals surface area contributed by atoms with Crippen molar-refractivity contribution in [1.29, 1.82) is 0 Å². The molecule has 1 N–H and O–H groups in total. The molecule has 20 heavy (non-hydrogen) atoms. The Hall–Kier alpha value is -0.920. The highest BCUT2D eigenvalue weighted by atomic mass is 79.9. The molecule has 0 heterocycles. The summed E-state index contributed by atoms with van der Waals surface area (Å²) >= 11 is 3.14. The quantitative estimate of drug-likeness (QED) is 0.752. The van der Waals surface area contributed by atoms with Crippen molar-refractivity contribution in [2.75, 3.05) is 19.6 Å². The van der Waals surface area contributed by atoms with E-state index in [9.17, 15) is 13.2 Å². The molecule has 0 aliphatic heterocycles. The van der Waals surface area contributed by atoms with E-state index in [1.165, 1.54) is 4.31 Å². The number of halogens is 1. The molecule has 1 aromatic carbocycles. The van der Waals surface area contributed by atoms with E-state index in [1.54, 1.807) is 38.1 Å². The molecule has 1 atom stereocenters. The van der Waals surface area contributed by atoms with E-state index in [-0.39, 0.29) is 12.5 Å². The highest BCUT2D eigenvalue weighted by Gasteiger charge is 2.28. The first-order valence-corrected chi connectivity index (χ1v) is 8.81. The highest BCUT2D eigenvalue weighted by molar-refractivity contribution is 9.11. The van der Waals surface area contributed by atoms with Gasteiger partial charge in [-0.3, -0.25) is 4.79 Å². The zero-order valence-corrected chi connectivity index (χ0v) is 13.9. The number of rotatable bonds is 7. The van der Waals surface area contributed by atoms with Gasteiger partial charge < -0.3 is 5.32 Å².